The first-order valence-corrected chi connectivity index (χ1v) is 7.17. The molecule has 1 unspecified atom stereocenters. The molecule has 0 fully saturated rings. The Labute approximate surface area is 129 Å². The van der Waals surface area contributed by atoms with Gasteiger partial charge >= 0.3 is 0 Å². The van der Waals surface area contributed by atoms with Crippen molar-refractivity contribution in [3.63, 3.8) is 0 Å². The largest absolute Gasteiger partial charge is 0.329 e. The number of hydrogen-bond donors (Lipinski definition) is 1. The predicted molar refractivity (Wildman–Crippen MR) is 83.6 cm³/mol. The zero-order valence-electron chi connectivity index (χ0n) is 12.2. The summed E-state index contributed by atoms with van der Waals surface area (Å²) in [5, 5.41) is 0.398. The smallest absolute Gasteiger partial charge is 0.129 e. The average molecular weight is 308 g/mol. The van der Waals surface area contributed by atoms with Crippen LogP contribution in [0.3, 0.4) is 0 Å². The van der Waals surface area contributed by atoms with Crippen molar-refractivity contribution in [2.24, 2.45) is 5.73 Å². The Hall–Kier alpha value is -1.49. The number of likely N-dealkylation sites (N-methyl/N-ethyl adjacent to an activating group) is 1. The zero-order valence-corrected chi connectivity index (χ0v) is 12.9. The molecule has 0 bridgehead atoms. The summed E-state index contributed by atoms with van der Waals surface area (Å²) in [6, 6.07) is 10.2. The van der Waals surface area contributed by atoms with Crippen LogP contribution in [-0.4, -0.2) is 23.5 Å². The fraction of sp³-hybridized carbons (Fsp3) is 0.312. The summed E-state index contributed by atoms with van der Waals surface area (Å²) in [7, 11) is 1.89. The van der Waals surface area contributed by atoms with Gasteiger partial charge in [0.05, 0.1) is 11.7 Å². The summed E-state index contributed by atoms with van der Waals surface area (Å²) < 4.78 is 14.1. The molecule has 1 heterocycles. The molecule has 1 atom stereocenters. The van der Waals surface area contributed by atoms with E-state index in [-0.39, 0.29) is 18.4 Å². The second kappa shape index (κ2) is 6.98. The maximum Gasteiger partial charge on any atom is 0.129 e. The Bertz CT molecular complexity index is 598. The van der Waals surface area contributed by atoms with Gasteiger partial charge in [0.2, 0.25) is 0 Å². The lowest BCUT2D eigenvalue weighted by Gasteiger charge is -2.28. The van der Waals surface area contributed by atoms with Gasteiger partial charge < -0.3 is 5.73 Å². The summed E-state index contributed by atoms with van der Waals surface area (Å²) in [5.74, 6) is -0.331. The van der Waals surface area contributed by atoms with Gasteiger partial charge in [0, 0.05) is 29.4 Å². The van der Waals surface area contributed by atoms with Gasteiger partial charge in [-0.1, -0.05) is 23.7 Å². The second-order valence-electron chi connectivity index (χ2n) is 5.07. The molecule has 0 aliphatic carbocycles. The SMILES string of the molecule is Cc1cccc(CN(C)C(CN)c2c(F)cccc2Cl)n1. The van der Waals surface area contributed by atoms with E-state index in [2.05, 4.69) is 4.98 Å². The third-order valence-corrected chi connectivity index (χ3v) is 3.78. The number of halogens is 2. The van der Waals surface area contributed by atoms with Gasteiger partial charge in [-0.25, -0.2) is 4.39 Å². The molecular weight excluding hydrogens is 289 g/mol. The van der Waals surface area contributed by atoms with Crippen LogP contribution >= 0.6 is 11.6 Å². The van der Waals surface area contributed by atoms with Gasteiger partial charge in [-0.2, -0.15) is 0 Å². The molecule has 0 radical (unpaired) electrons. The Morgan fingerprint density at radius 2 is 2.00 bits per heavy atom. The van der Waals surface area contributed by atoms with Gasteiger partial charge in [0.1, 0.15) is 5.82 Å². The lowest BCUT2D eigenvalue weighted by molar-refractivity contribution is 0.234. The molecule has 2 N–H and O–H groups in total. The Balaban J connectivity index is 2.25. The van der Waals surface area contributed by atoms with Crippen LogP contribution in [0.2, 0.25) is 5.02 Å². The Kier molecular flexibility index (Phi) is 5.28. The first-order chi connectivity index (χ1) is 10.0. The summed E-state index contributed by atoms with van der Waals surface area (Å²) in [6.07, 6.45) is 0. The van der Waals surface area contributed by atoms with Crippen molar-refractivity contribution in [2.45, 2.75) is 19.5 Å². The van der Waals surface area contributed by atoms with E-state index in [9.17, 15) is 4.39 Å². The highest BCUT2D eigenvalue weighted by Crippen LogP contribution is 2.29. The van der Waals surface area contributed by atoms with E-state index in [0.29, 0.717) is 17.1 Å². The molecule has 0 aliphatic rings. The number of aryl methyl sites for hydroxylation is 1. The molecule has 112 valence electrons. The summed E-state index contributed by atoms with van der Waals surface area (Å²) in [6.45, 7) is 2.80. The van der Waals surface area contributed by atoms with E-state index in [1.165, 1.54) is 6.07 Å². The molecule has 5 heteroatoms. The standard InChI is InChI=1S/C16H19ClFN3/c1-11-5-3-6-12(20-11)10-21(2)15(9-19)16-13(17)7-4-8-14(16)18/h3-8,15H,9-10,19H2,1-2H3. The third kappa shape index (κ3) is 3.79. The fourth-order valence-corrected chi connectivity index (χ4v) is 2.69. The van der Waals surface area contributed by atoms with Gasteiger partial charge in [0.15, 0.2) is 0 Å². The maximum absolute atomic E-state index is 14.1. The van der Waals surface area contributed by atoms with Crippen LogP contribution in [-0.2, 0) is 6.54 Å². The quantitative estimate of drug-likeness (QED) is 0.921. The van der Waals surface area contributed by atoms with Crippen molar-refractivity contribution in [3.05, 3.63) is 64.2 Å². The number of aromatic nitrogens is 1. The van der Waals surface area contributed by atoms with Crippen LogP contribution in [0.15, 0.2) is 36.4 Å². The van der Waals surface area contributed by atoms with Gasteiger partial charge in [-0.15, -0.1) is 0 Å². The monoisotopic (exact) mass is 307 g/mol. The molecule has 1 aromatic heterocycles. The van der Waals surface area contributed by atoms with Crippen molar-refractivity contribution >= 4 is 11.6 Å². The fourth-order valence-electron chi connectivity index (χ4n) is 2.40. The molecule has 21 heavy (non-hydrogen) atoms. The summed E-state index contributed by atoms with van der Waals surface area (Å²) >= 11 is 6.14. The van der Waals surface area contributed by atoms with E-state index >= 15 is 0 Å². The normalized spacial score (nSPS) is 12.7. The van der Waals surface area contributed by atoms with Crippen molar-refractivity contribution in [1.82, 2.24) is 9.88 Å². The van der Waals surface area contributed by atoms with Gasteiger partial charge in [-0.3, -0.25) is 9.88 Å². The molecule has 2 rings (SSSR count). The first-order valence-electron chi connectivity index (χ1n) is 6.79. The third-order valence-electron chi connectivity index (χ3n) is 3.45. The van der Waals surface area contributed by atoms with Crippen LogP contribution in [0.4, 0.5) is 4.39 Å². The Morgan fingerprint density at radius 3 is 2.62 bits per heavy atom. The second-order valence-corrected chi connectivity index (χ2v) is 5.48. The zero-order chi connectivity index (χ0) is 15.4. The number of pyridine rings is 1. The topological polar surface area (TPSA) is 42.1 Å². The molecule has 0 spiro atoms. The van der Waals surface area contributed by atoms with E-state index in [0.717, 1.165) is 11.4 Å². The molecule has 1 aromatic carbocycles. The van der Waals surface area contributed by atoms with Crippen LogP contribution in [0, 0.1) is 12.7 Å². The molecule has 3 nitrogen and oxygen atoms in total. The lowest BCUT2D eigenvalue weighted by atomic mass is 10.0. The van der Waals surface area contributed by atoms with Crippen LogP contribution in [0.1, 0.15) is 23.0 Å². The van der Waals surface area contributed by atoms with Crippen LogP contribution in [0.25, 0.3) is 0 Å². The van der Waals surface area contributed by atoms with Crippen molar-refractivity contribution in [3.8, 4) is 0 Å². The van der Waals surface area contributed by atoms with Crippen molar-refractivity contribution in [2.75, 3.05) is 13.6 Å². The number of nitrogens with two attached hydrogens (primary N) is 1. The average Bonchev–Trinajstić information content (AvgIpc) is 2.43. The molecule has 0 saturated heterocycles. The minimum Gasteiger partial charge on any atom is -0.329 e. The van der Waals surface area contributed by atoms with E-state index in [4.69, 9.17) is 17.3 Å². The van der Waals surface area contributed by atoms with Gasteiger partial charge in [0.25, 0.3) is 0 Å². The van der Waals surface area contributed by atoms with Crippen LogP contribution < -0.4 is 5.73 Å². The molecule has 2 aromatic rings. The lowest BCUT2D eigenvalue weighted by Crippen LogP contribution is -2.31. The molecule has 0 saturated carbocycles. The van der Waals surface area contributed by atoms with E-state index in [1.54, 1.807) is 12.1 Å². The minimum atomic E-state index is -0.331. The predicted octanol–water partition coefficient (Wildman–Crippen LogP) is 3.31. The Morgan fingerprint density at radius 1 is 1.29 bits per heavy atom. The number of nitrogens with zero attached hydrogens (tertiary/aromatic N) is 2. The highest BCUT2D eigenvalue weighted by Gasteiger charge is 2.22. The van der Waals surface area contributed by atoms with E-state index < -0.39 is 0 Å². The van der Waals surface area contributed by atoms with E-state index in [1.807, 2.05) is 37.1 Å². The number of hydrogen-bond acceptors (Lipinski definition) is 3. The number of rotatable bonds is 5. The van der Waals surface area contributed by atoms with Crippen molar-refractivity contribution < 1.29 is 4.39 Å². The molecular formula is C16H19ClFN3. The van der Waals surface area contributed by atoms with Crippen LogP contribution in [0.5, 0.6) is 0 Å². The molecule has 0 amide bonds. The molecule has 0 aliphatic heterocycles. The number of benzene rings is 1. The highest BCUT2D eigenvalue weighted by atomic mass is 35.5. The highest BCUT2D eigenvalue weighted by molar-refractivity contribution is 6.31. The summed E-state index contributed by atoms with van der Waals surface area (Å²) in [4.78, 5) is 6.42. The van der Waals surface area contributed by atoms with Crippen molar-refractivity contribution in [1.29, 1.82) is 0 Å². The van der Waals surface area contributed by atoms with Gasteiger partial charge in [-0.05, 0) is 38.2 Å². The summed E-state index contributed by atoms with van der Waals surface area (Å²) in [5.41, 5.74) is 8.15. The minimum absolute atomic E-state index is 0.281. The maximum atomic E-state index is 14.1. The first kappa shape index (κ1) is 15.9.